The normalized spacial score (nSPS) is 9.36. The number of rotatable bonds is 3. The van der Waals surface area contributed by atoms with Crippen LogP contribution in [0, 0.1) is 28.6 Å². The molecule has 0 atom stereocenters. The quantitative estimate of drug-likeness (QED) is 0.541. The van der Waals surface area contributed by atoms with Crippen LogP contribution < -0.4 is 29.6 Å². The fourth-order valence-electron chi connectivity index (χ4n) is 1.88. The Morgan fingerprint density at radius 1 is 0.818 bits per heavy atom. The van der Waals surface area contributed by atoms with Gasteiger partial charge in [0.15, 0.2) is 0 Å². The minimum absolute atomic E-state index is 0. The van der Waals surface area contributed by atoms with Crippen molar-refractivity contribution in [3.05, 3.63) is 59.6 Å². The molecule has 22 heavy (non-hydrogen) atoms. The summed E-state index contributed by atoms with van der Waals surface area (Å²) in [7, 11) is 0. The van der Waals surface area contributed by atoms with Gasteiger partial charge in [-0.1, -0.05) is 0 Å². The van der Waals surface area contributed by atoms with Crippen LogP contribution in [0.5, 0.6) is 0 Å². The molecule has 0 aliphatic rings. The van der Waals surface area contributed by atoms with Crippen molar-refractivity contribution in [3.8, 4) is 32.3 Å². The summed E-state index contributed by atoms with van der Waals surface area (Å²) in [6.07, 6.45) is 3.55. The van der Waals surface area contributed by atoms with Crippen LogP contribution in [0.3, 0.4) is 0 Å². The first-order valence-electron chi connectivity index (χ1n) is 6.10. The van der Waals surface area contributed by atoms with Crippen LogP contribution >= 0.6 is 22.7 Å². The summed E-state index contributed by atoms with van der Waals surface area (Å²) in [6, 6.07) is 15.7. The number of hydrogen-bond acceptors (Lipinski definition) is 5. The number of aromatic nitrogens is 1. The zero-order valence-electron chi connectivity index (χ0n) is 11.8. The number of hydrogen-bond donors (Lipinski definition) is 0. The third kappa shape index (κ3) is 3.41. The molecule has 0 spiro atoms. The molecule has 0 saturated heterocycles. The van der Waals surface area contributed by atoms with E-state index in [9.17, 15) is 0 Å². The molecule has 3 aromatic heterocycles. The van der Waals surface area contributed by atoms with Gasteiger partial charge in [0, 0.05) is 39.2 Å². The number of pyridine rings is 1. The second-order valence-corrected chi connectivity index (χ2v) is 6.33. The maximum absolute atomic E-state index is 8.91. The van der Waals surface area contributed by atoms with E-state index in [-0.39, 0.29) is 35.5 Å². The van der Waals surface area contributed by atoms with Crippen LogP contribution in [0.2, 0.25) is 0 Å². The van der Waals surface area contributed by atoms with Crippen molar-refractivity contribution in [2.24, 2.45) is 0 Å². The zero-order valence-corrected chi connectivity index (χ0v) is 15.4. The van der Waals surface area contributed by atoms with Gasteiger partial charge in [0.25, 0.3) is 0 Å². The van der Waals surface area contributed by atoms with Crippen molar-refractivity contribution in [1.29, 1.82) is 10.5 Å². The molecule has 0 aliphatic heterocycles. The summed E-state index contributed by atoms with van der Waals surface area (Å²) in [5.41, 5.74) is 1.14. The summed E-state index contributed by atoms with van der Waals surface area (Å²) < 4.78 is 0. The van der Waals surface area contributed by atoms with Gasteiger partial charge < -0.3 is 0 Å². The van der Waals surface area contributed by atoms with Crippen molar-refractivity contribution >= 4 is 22.7 Å². The molecule has 3 aromatic rings. The van der Waals surface area contributed by atoms with Gasteiger partial charge in [-0.05, 0) is 35.7 Å². The smallest absolute Gasteiger partial charge is 0.265 e. The van der Waals surface area contributed by atoms with E-state index in [0.29, 0.717) is 4.88 Å². The van der Waals surface area contributed by atoms with E-state index in [2.05, 4.69) is 17.1 Å². The monoisotopic (exact) mass is 329 g/mol. The second-order valence-electron chi connectivity index (χ2n) is 4.16. The molecule has 0 amide bonds. The molecule has 3 nitrogen and oxygen atoms in total. The Morgan fingerprint density at radius 2 is 1.41 bits per heavy atom. The summed E-state index contributed by atoms with van der Waals surface area (Å²) in [5, 5.41) is 17.8. The molecule has 0 aliphatic carbocycles. The first kappa shape index (κ1) is 16.8. The van der Waals surface area contributed by atoms with Crippen molar-refractivity contribution in [1.82, 2.24) is 4.98 Å². The Balaban J connectivity index is 0.00000176. The van der Waals surface area contributed by atoms with Crippen LogP contribution in [0.25, 0.3) is 20.2 Å². The van der Waals surface area contributed by atoms with Gasteiger partial charge in [-0.2, -0.15) is 17.4 Å². The average molecular weight is 329 g/mol. The van der Waals surface area contributed by atoms with Crippen LogP contribution in [0.4, 0.5) is 0 Å². The summed E-state index contributed by atoms with van der Waals surface area (Å²) in [5.74, 6) is 0.164. The van der Waals surface area contributed by atoms with Gasteiger partial charge >= 0.3 is 29.6 Å². The summed E-state index contributed by atoms with van der Waals surface area (Å²) in [6.45, 7) is 0. The average Bonchev–Trinajstić information content (AvgIpc) is 3.18. The minimum atomic E-state index is 0. The molecule has 0 bridgehead atoms. The molecule has 0 aromatic carbocycles. The summed E-state index contributed by atoms with van der Waals surface area (Å²) >= 11 is 3.15. The molecular formula is C16H8N3NaS2. The SMILES string of the molecule is N#C[C-](C#N)c1ccc(-c2ccc(-c3ccncc3)s2)s1.[Na+]. The van der Waals surface area contributed by atoms with Gasteiger partial charge in [-0.25, -0.2) is 10.5 Å². The van der Waals surface area contributed by atoms with Crippen molar-refractivity contribution in [3.63, 3.8) is 0 Å². The Bertz CT molecular complexity index is 826. The summed E-state index contributed by atoms with van der Waals surface area (Å²) in [4.78, 5) is 8.11. The predicted octanol–water partition coefficient (Wildman–Crippen LogP) is 1.51. The zero-order chi connectivity index (χ0) is 14.7. The van der Waals surface area contributed by atoms with E-state index in [1.54, 1.807) is 23.7 Å². The Morgan fingerprint density at radius 3 is 2.09 bits per heavy atom. The third-order valence-electron chi connectivity index (χ3n) is 2.89. The van der Waals surface area contributed by atoms with E-state index in [1.165, 1.54) is 16.2 Å². The fraction of sp³-hybridized carbons (Fsp3) is 0. The minimum Gasteiger partial charge on any atom is -0.265 e. The van der Waals surface area contributed by atoms with Gasteiger partial charge in [-0.3, -0.25) is 4.98 Å². The number of nitrogens with zero attached hydrogens (tertiary/aromatic N) is 3. The van der Waals surface area contributed by atoms with Crippen molar-refractivity contribution in [2.45, 2.75) is 0 Å². The van der Waals surface area contributed by atoms with Gasteiger partial charge in [-0.15, -0.1) is 22.3 Å². The number of nitriles is 2. The third-order valence-corrected chi connectivity index (χ3v) is 5.32. The Kier molecular flexibility index (Phi) is 5.79. The van der Waals surface area contributed by atoms with Gasteiger partial charge in [0.2, 0.25) is 0 Å². The van der Waals surface area contributed by atoms with E-state index in [0.717, 1.165) is 15.3 Å². The molecule has 0 radical (unpaired) electrons. The fourth-order valence-corrected chi connectivity index (χ4v) is 3.93. The molecule has 3 rings (SSSR count). The molecule has 6 heteroatoms. The molecule has 0 saturated carbocycles. The van der Waals surface area contributed by atoms with E-state index < -0.39 is 0 Å². The van der Waals surface area contributed by atoms with Crippen LogP contribution in [-0.2, 0) is 0 Å². The molecule has 0 unspecified atom stereocenters. The predicted molar refractivity (Wildman–Crippen MR) is 84.4 cm³/mol. The largest absolute Gasteiger partial charge is 1.00 e. The van der Waals surface area contributed by atoms with E-state index in [4.69, 9.17) is 10.5 Å². The Labute approximate surface area is 158 Å². The van der Waals surface area contributed by atoms with Crippen molar-refractivity contribution < 1.29 is 29.6 Å². The number of thiophene rings is 2. The molecular weight excluding hydrogens is 321 g/mol. The van der Waals surface area contributed by atoms with E-state index >= 15 is 0 Å². The molecule has 0 N–H and O–H groups in total. The maximum atomic E-state index is 8.91. The maximum Gasteiger partial charge on any atom is 1.00 e. The molecule has 3 heterocycles. The second kappa shape index (κ2) is 7.60. The van der Waals surface area contributed by atoms with E-state index in [1.807, 2.05) is 36.4 Å². The van der Waals surface area contributed by atoms with Crippen molar-refractivity contribution in [2.75, 3.05) is 0 Å². The van der Waals surface area contributed by atoms with Gasteiger partial charge in [0.05, 0.1) is 0 Å². The first-order chi connectivity index (χ1) is 10.3. The first-order valence-corrected chi connectivity index (χ1v) is 7.73. The molecule has 100 valence electrons. The van der Waals surface area contributed by atoms with Crippen LogP contribution in [-0.4, -0.2) is 4.98 Å². The van der Waals surface area contributed by atoms with Crippen LogP contribution in [0.1, 0.15) is 4.88 Å². The van der Waals surface area contributed by atoms with Gasteiger partial charge in [0.1, 0.15) is 0 Å². The standard InChI is InChI=1S/C16H8N3S2.Na/c17-9-12(10-18)14-2-4-16(21-14)15-3-1-13(20-15)11-5-7-19-8-6-11;/h1-8H;/q-1;+1. The topological polar surface area (TPSA) is 60.5 Å². The van der Waals surface area contributed by atoms with Crippen LogP contribution in [0.15, 0.2) is 48.8 Å². The molecule has 0 fully saturated rings. The Hall–Kier alpha value is -1.60.